The number of hydrogen-bond acceptors (Lipinski definition) is 4. The van der Waals surface area contributed by atoms with E-state index in [1.807, 2.05) is 38.4 Å². The van der Waals surface area contributed by atoms with Crippen molar-refractivity contribution in [2.45, 2.75) is 12.8 Å². The van der Waals surface area contributed by atoms with Crippen LogP contribution in [-0.2, 0) is 6.42 Å². The number of carbonyl (C=O) groups is 2. The Kier molecular flexibility index (Phi) is 8.49. The third-order valence-corrected chi connectivity index (χ3v) is 4.31. The summed E-state index contributed by atoms with van der Waals surface area (Å²) in [6.45, 7) is 2.04. The van der Waals surface area contributed by atoms with Crippen molar-refractivity contribution in [3.05, 3.63) is 65.2 Å². The Balaban J connectivity index is 1.82. The van der Waals surface area contributed by atoms with E-state index in [9.17, 15) is 9.59 Å². The summed E-state index contributed by atoms with van der Waals surface area (Å²) >= 11 is 0. The normalized spacial score (nSPS) is 10.6. The fourth-order valence-electron chi connectivity index (χ4n) is 2.72. The lowest BCUT2D eigenvalue weighted by Crippen LogP contribution is -2.28. The highest BCUT2D eigenvalue weighted by Gasteiger charge is 2.10. The summed E-state index contributed by atoms with van der Waals surface area (Å²) in [5.74, 6) is 0.465. The second kappa shape index (κ2) is 11.1. The van der Waals surface area contributed by atoms with Gasteiger partial charge in [-0.15, -0.1) is 0 Å². The van der Waals surface area contributed by atoms with E-state index in [1.165, 1.54) is 0 Å². The summed E-state index contributed by atoms with van der Waals surface area (Å²) in [6, 6.07) is 14.5. The number of methoxy groups -OCH3 is 1. The van der Waals surface area contributed by atoms with Gasteiger partial charge < -0.3 is 20.3 Å². The molecule has 0 radical (unpaired) electrons. The van der Waals surface area contributed by atoms with Gasteiger partial charge in [-0.3, -0.25) is 9.59 Å². The zero-order valence-electron chi connectivity index (χ0n) is 16.8. The predicted molar refractivity (Wildman–Crippen MR) is 111 cm³/mol. The number of nitrogens with one attached hydrogen (secondary N) is 2. The highest BCUT2D eigenvalue weighted by Crippen LogP contribution is 2.11. The van der Waals surface area contributed by atoms with Gasteiger partial charge in [0.25, 0.3) is 11.8 Å². The zero-order valence-corrected chi connectivity index (χ0v) is 16.8. The minimum Gasteiger partial charge on any atom is -0.497 e. The molecule has 0 saturated carbocycles. The molecule has 0 atom stereocenters. The van der Waals surface area contributed by atoms with Gasteiger partial charge in [0.05, 0.1) is 7.11 Å². The van der Waals surface area contributed by atoms with E-state index in [0.29, 0.717) is 24.2 Å². The molecule has 0 aliphatic rings. The molecule has 0 aromatic heterocycles. The Morgan fingerprint density at radius 3 is 2.11 bits per heavy atom. The lowest BCUT2D eigenvalue weighted by Gasteiger charge is -2.10. The Morgan fingerprint density at radius 1 is 0.929 bits per heavy atom. The molecule has 0 saturated heterocycles. The van der Waals surface area contributed by atoms with E-state index in [4.69, 9.17) is 4.74 Å². The topological polar surface area (TPSA) is 70.7 Å². The summed E-state index contributed by atoms with van der Waals surface area (Å²) in [5, 5.41) is 5.79. The lowest BCUT2D eigenvalue weighted by molar-refractivity contribution is 0.0952. The van der Waals surface area contributed by atoms with Gasteiger partial charge in [0.15, 0.2) is 0 Å². The first-order chi connectivity index (χ1) is 13.5. The van der Waals surface area contributed by atoms with Crippen molar-refractivity contribution in [2.75, 3.05) is 40.8 Å². The van der Waals surface area contributed by atoms with E-state index in [2.05, 4.69) is 15.5 Å². The highest BCUT2D eigenvalue weighted by molar-refractivity contribution is 5.99. The second-order valence-corrected chi connectivity index (χ2v) is 6.85. The van der Waals surface area contributed by atoms with Gasteiger partial charge in [0.1, 0.15) is 5.75 Å². The number of benzene rings is 2. The molecule has 0 heterocycles. The van der Waals surface area contributed by atoms with Crippen molar-refractivity contribution in [1.82, 2.24) is 15.5 Å². The van der Waals surface area contributed by atoms with E-state index >= 15 is 0 Å². The van der Waals surface area contributed by atoms with Crippen molar-refractivity contribution in [1.29, 1.82) is 0 Å². The molecule has 2 amide bonds. The van der Waals surface area contributed by atoms with Crippen molar-refractivity contribution >= 4 is 11.8 Å². The Labute approximate surface area is 166 Å². The zero-order chi connectivity index (χ0) is 20.4. The first-order valence-corrected chi connectivity index (χ1v) is 9.43. The molecule has 0 spiro atoms. The van der Waals surface area contributed by atoms with Crippen LogP contribution in [0.1, 0.15) is 32.7 Å². The molecule has 2 N–H and O–H groups in total. The van der Waals surface area contributed by atoms with Crippen LogP contribution in [0.3, 0.4) is 0 Å². The molecule has 0 aliphatic carbocycles. The second-order valence-electron chi connectivity index (χ2n) is 6.85. The van der Waals surface area contributed by atoms with Gasteiger partial charge in [0, 0.05) is 24.2 Å². The van der Waals surface area contributed by atoms with Crippen molar-refractivity contribution in [2.24, 2.45) is 0 Å². The molecule has 0 fully saturated rings. The smallest absolute Gasteiger partial charge is 0.251 e. The van der Waals surface area contributed by atoms with E-state index in [-0.39, 0.29) is 11.8 Å². The van der Waals surface area contributed by atoms with Crippen LogP contribution in [-0.4, -0.2) is 57.6 Å². The maximum Gasteiger partial charge on any atom is 0.251 e. The summed E-state index contributed by atoms with van der Waals surface area (Å²) in [6.07, 6.45) is 1.60. The molecule has 0 unspecified atom stereocenters. The summed E-state index contributed by atoms with van der Waals surface area (Å²) in [4.78, 5) is 26.7. The first kappa shape index (κ1) is 21.4. The quantitative estimate of drug-likeness (QED) is 0.618. The van der Waals surface area contributed by atoms with Crippen molar-refractivity contribution in [3.63, 3.8) is 0 Å². The highest BCUT2D eigenvalue weighted by atomic mass is 16.5. The molecule has 0 bridgehead atoms. The van der Waals surface area contributed by atoms with Gasteiger partial charge in [-0.25, -0.2) is 0 Å². The first-order valence-electron chi connectivity index (χ1n) is 9.43. The van der Waals surface area contributed by atoms with Crippen LogP contribution in [0.2, 0.25) is 0 Å². The van der Waals surface area contributed by atoms with Crippen LogP contribution in [0, 0.1) is 0 Å². The molecule has 150 valence electrons. The van der Waals surface area contributed by atoms with Gasteiger partial charge in [-0.05, 0) is 69.4 Å². The molecular formula is C22H29N3O3. The fraction of sp³-hybridized carbons (Fsp3) is 0.364. The van der Waals surface area contributed by atoms with Gasteiger partial charge in [-0.2, -0.15) is 0 Å². The standard InChI is InChI=1S/C22H29N3O3/c1-25(2)15-5-13-23-21(26)18-6-4-7-19(16-18)22(27)24-14-12-17-8-10-20(28-3)11-9-17/h4,6-11,16H,5,12-15H2,1-3H3,(H,23,26)(H,24,27). The Morgan fingerprint density at radius 2 is 1.54 bits per heavy atom. The van der Waals surface area contributed by atoms with Crippen LogP contribution in [0.25, 0.3) is 0 Å². The molecule has 6 heteroatoms. The molecule has 2 aromatic carbocycles. The van der Waals surface area contributed by atoms with E-state index in [1.54, 1.807) is 31.4 Å². The number of amides is 2. The Bertz CT molecular complexity index is 773. The lowest BCUT2D eigenvalue weighted by atomic mass is 10.1. The van der Waals surface area contributed by atoms with Gasteiger partial charge in [0.2, 0.25) is 0 Å². The SMILES string of the molecule is COc1ccc(CCNC(=O)c2cccc(C(=O)NCCCN(C)C)c2)cc1. The monoisotopic (exact) mass is 383 g/mol. The number of carbonyl (C=O) groups excluding carboxylic acids is 2. The molecule has 2 aromatic rings. The van der Waals surface area contributed by atoms with Crippen LogP contribution < -0.4 is 15.4 Å². The number of hydrogen-bond donors (Lipinski definition) is 2. The number of nitrogens with zero attached hydrogens (tertiary/aromatic N) is 1. The summed E-state index contributed by atoms with van der Waals surface area (Å²) in [7, 11) is 5.63. The third kappa shape index (κ3) is 7.04. The van der Waals surface area contributed by atoms with E-state index < -0.39 is 0 Å². The molecular weight excluding hydrogens is 354 g/mol. The van der Waals surface area contributed by atoms with Gasteiger partial charge in [-0.1, -0.05) is 18.2 Å². The van der Waals surface area contributed by atoms with Crippen molar-refractivity contribution in [3.8, 4) is 5.75 Å². The third-order valence-electron chi connectivity index (χ3n) is 4.31. The maximum absolute atomic E-state index is 12.4. The molecule has 28 heavy (non-hydrogen) atoms. The van der Waals surface area contributed by atoms with Crippen LogP contribution in [0.4, 0.5) is 0 Å². The largest absolute Gasteiger partial charge is 0.497 e. The molecule has 2 rings (SSSR count). The fourth-order valence-corrected chi connectivity index (χ4v) is 2.72. The Hall–Kier alpha value is -2.86. The average molecular weight is 383 g/mol. The minimum atomic E-state index is -0.184. The van der Waals surface area contributed by atoms with Crippen LogP contribution >= 0.6 is 0 Å². The average Bonchev–Trinajstić information content (AvgIpc) is 2.71. The van der Waals surface area contributed by atoms with E-state index in [0.717, 1.165) is 30.7 Å². The number of ether oxygens (including phenoxy) is 1. The van der Waals surface area contributed by atoms with Crippen LogP contribution in [0.5, 0.6) is 5.75 Å². The maximum atomic E-state index is 12.4. The van der Waals surface area contributed by atoms with Crippen molar-refractivity contribution < 1.29 is 14.3 Å². The van der Waals surface area contributed by atoms with Crippen LogP contribution in [0.15, 0.2) is 48.5 Å². The van der Waals surface area contributed by atoms with Gasteiger partial charge >= 0.3 is 0 Å². The minimum absolute atomic E-state index is 0.161. The summed E-state index contributed by atoms with van der Waals surface area (Å²) in [5.41, 5.74) is 2.09. The number of rotatable bonds is 10. The summed E-state index contributed by atoms with van der Waals surface area (Å²) < 4.78 is 5.14. The predicted octanol–water partition coefficient (Wildman–Crippen LogP) is 2.35. The molecule has 0 aliphatic heterocycles. The molecule has 6 nitrogen and oxygen atoms in total.